The van der Waals surface area contributed by atoms with Crippen molar-refractivity contribution in [2.45, 2.75) is 18.7 Å². The lowest BCUT2D eigenvalue weighted by Crippen LogP contribution is -2.17. The standard InChI is InChI=1S/C11H9F3O3/c12-11(13,14)17-7-3-1-2-6(4-7)8-5-9(8)10(15)16/h1-4,8-9H,5H2,(H,15,16)/t8-,9+/m1/s1. The Kier molecular flexibility index (Phi) is 2.73. The van der Waals surface area contributed by atoms with Gasteiger partial charge in [-0.3, -0.25) is 4.79 Å². The van der Waals surface area contributed by atoms with Crippen molar-refractivity contribution in [1.29, 1.82) is 0 Å². The average Bonchev–Trinajstić information content (AvgIpc) is 2.94. The molecule has 0 aliphatic heterocycles. The van der Waals surface area contributed by atoms with Gasteiger partial charge in [-0.2, -0.15) is 0 Å². The highest BCUT2D eigenvalue weighted by atomic mass is 19.4. The topological polar surface area (TPSA) is 46.5 Å². The molecule has 0 bridgehead atoms. The van der Waals surface area contributed by atoms with E-state index >= 15 is 0 Å². The molecule has 1 aliphatic rings. The zero-order valence-corrected chi connectivity index (χ0v) is 8.57. The summed E-state index contributed by atoms with van der Waals surface area (Å²) in [6, 6.07) is 5.46. The number of hydrogen-bond acceptors (Lipinski definition) is 2. The monoisotopic (exact) mass is 246 g/mol. The van der Waals surface area contributed by atoms with Crippen molar-refractivity contribution in [3.63, 3.8) is 0 Å². The van der Waals surface area contributed by atoms with E-state index in [1.807, 2.05) is 0 Å². The lowest BCUT2D eigenvalue weighted by molar-refractivity contribution is -0.274. The number of benzene rings is 1. The van der Waals surface area contributed by atoms with E-state index in [9.17, 15) is 18.0 Å². The molecule has 0 unspecified atom stereocenters. The van der Waals surface area contributed by atoms with Crippen molar-refractivity contribution in [3.05, 3.63) is 29.8 Å². The minimum absolute atomic E-state index is 0.204. The Morgan fingerprint density at radius 1 is 1.41 bits per heavy atom. The molecule has 0 amide bonds. The van der Waals surface area contributed by atoms with Crippen molar-refractivity contribution < 1.29 is 27.8 Å². The van der Waals surface area contributed by atoms with Gasteiger partial charge in [0.15, 0.2) is 0 Å². The highest BCUT2D eigenvalue weighted by molar-refractivity contribution is 5.75. The second-order valence-electron chi connectivity index (χ2n) is 3.91. The maximum Gasteiger partial charge on any atom is 0.573 e. The lowest BCUT2D eigenvalue weighted by Gasteiger charge is -2.09. The van der Waals surface area contributed by atoms with E-state index in [1.54, 1.807) is 6.07 Å². The first-order valence-corrected chi connectivity index (χ1v) is 4.95. The van der Waals surface area contributed by atoms with E-state index in [0.29, 0.717) is 12.0 Å². The van der Waals surface area contributed by atoms with Crippen LogP contribution in [-0.4, -0.2) is 17.4 Å². The van der Waals surface area contributed by atoms with Gasteiger partial charge in [-0.25, -0.2) is 0 Å². The molecule has 0 heterocycles. The van der Waals surface area contributed by atoms with E-state index in [2.05, 4.69) is 4.74 Å². The van der Waals surface area contributed by atoms with Crippen LogP contribution in [0.4, 0.5) is 13.2 Å². The van der Waals surface area contributed by atoms with E-state index in [-0.39, 0.29) is 11.7 Å². The summed E-state index contributed by atoms with van der Waals surface area (Å²) in [5, 5.41) is 8.73. The molecular weight excluding hydrogens is 237 g/mol. The summed E-state index contributed by atoms with van der Waals surface area (Å²) in [5.74, 6) is -1.93. The maximum absolute atomic E-state index is 12.0. The van der Waals surface area contributed by atoms with Gasteiger partial charge in [-0.15, -0.1) is 13.2 Å². The fourth-order valence-electron chi connectivity index (χ4n) is 1.78. The quantitative estimate of drug-likeness (QED) is 0.891. The molecule has 1 aromatic carbocycles. The van der Waals surface area contributed by atoms with Crippen molar-refractivity contribution in [3.8, 4) is 5.75 Å². The zero-order valence-electron chi connectivity index (χ0n) is 8.57. The smallest absolute Gasteiger partial charge is 0.481 e. The molecule has 2 rings (SSSR count). The highest BCUT2D eigenvalue weighted by Gasteiger charge is 2.44. The second kappa shape index (κ2) is 3.94. The molecule has 0 saturated heterocycles. The minimum Gasteiger partial charge on any atom is -0.481 e. The van der Waals surface area contributed by atoms with Crippen molar-refractivity contribution in [2.75, 3.05) is 0 Å². The third-order valence-electron chi connectivity index (χ3n) is 2.63. The number of alkyl halides is 3. The highest BCUT2D eigenvalue weighted by Crippen LogP contribution is 2.48. The number of hydrogen-bond donors (Lipinski definition) is 1. The number of aliphatic carboxylic acids is 1. The van der Waals surface area contributed by atoms with Crippen LogP contribution in [0.3, 0.4) is 0 Å². The van der Waals surface area contributed by atoms with Crippen LogP contribution >= 0.6 is 0 Å². The second-order valence-corrected chi connectivity index (χ2v) is 3.91. The van der Waals surface area contributed by atoms with Crippen LogP contribution in [0.15, 0.2) is 24.3 Å². The van der Waals surface area contributed by atoms with Gasteiger partial charge >= 0.3 is 12.3 Å². The zero-order chi connectivity index (χ0) is 12.6. The normalized spacial score (nSPS) is 23.2. The van der Waals surface area contributed by atoms with Crippen LogP contribution in [0.5, 0.6) is 5.75 Å². The molecular formula is C11H9F3O3. The van der Waals surface area contributed by atoms with Gasteiger partial charge in [-0.05, 0) is 30.0 Å². The Bertz CT molecular complexity index is 442. The summed E-state index contributed by atoms with van der Waals surface area (Å²) in [6.07, 6.45) is -4.26. The molecule has 1 saturated carbocycles. The molecule has 17 heavy (non-hydrogen) atoms. The summed E-state index contributed by atoms with van der Waals surface area (Å²) in [7, 11) is 0. The molecule has 1 aromatic rings. The Hall–Kier alpha value is -1.72. The Balaban J connectivity index is 2.11. The number of rotatable bonds is 3. The number of ether oxygens (including phenoxy) is 1. The summed E-state index contributed by atoms with van der Waals surface area (Å²) in [4.78, 5) is 10.6. The summed E-state index contributed by atoms with van der Waals surface area (Å²) in [6.45, 7) is 0. The first-order chi connectivity index (χ1) is 7.87. The Labute approximate surface area is 94.8 Å². The van der Waals surface area contributed by atoms with Crippen molar-refractivity contribution >= 4 is 5.97 Å². The molecule has 1 fully saturated rings. The largest absolute Gasteiger partial charge is 0.573 e. The fourth-order valence-corrected chi connectivity index (χ4v) is 1.78. The number of carboxylic acid groups (broad SMARTS) is 1. The summed E-state index contributed by atoms with van der Waals surface area (Å²) < 4.78 is 39.7. The van der Waals surface area contributed by atoms with Gasteiger partial charge in [0.2, 0.25) is 0 Å². The molecule has 0 aromatic heterocycles. The van der Waals surface area contributed by atoms with Gasteiger partial charge in [0, 0.05) is 0 Å². The Morgan fingerprint density at radius 2 is 2.12 bits per heavy atom. The van der Waals surface area contributed by atoms with Gasteiger partial charge in [0.25, 0.3) is 0 Å². The predicted octanol–water partition coefficient (Wildman–Crippen LogP) is 2.77. The average molecular weight is 246 g/mol. The van der Waals surface area contributed by atoms with E-state index < -0.39 is 18.2 Å². The van der Waals surface area contributed by atoms with E-state index in [0.717, 1.165) is 0 Å². The number of carbonyl (C=O) groups is 1. The van der Waals surface area contributed by atoms with Crippen LogP contribution in [0.25, 0.3) is 0 Å². The first-order valence-electron chi connectivity index (χ1n) is 4.95. The SMILES string of the molecule is O=C(O)[C@H]1C[C@@H]1c1cccc(OC(F)(F)F)c1. The van der Waals surface area contributed by atoms with E-state index in [4.69, 9.17) is 5.11 Å². The van der Waals surface area contributed by atoms with E-state index in [1.165, 1.54) is 18.2 Å². The van der Waals surface area contributed by atoms with Crippen molar-refractivity contribution in [1.82, 2.24) is 0 Å². The maximum atomic E-state index is 12.0. The molecule has 2 atom stereocenters. The minimum atomic E-state index is -4.73. The molecule has 0 radical (unpaired) electrons. The third kappa shape index (κ3) is 2.89. The lowest BCUT2D eigenvalue weighted by atomic mass is 10.1. The van der Waals surface area contributed by atoms with Crippen molar-refractivity contribution in [2.24, 2.45) is 5.92 Å². The predicted molar refractivity (Wildman–Crippen MR) is 51.6 cm³/mol. The molecule has 1 aliphatic carbocycles. The number of carboxylic acids is 1. The molecule has 3 nitrogen and oxygen atoms in total. The van der Waals surface area contributed by atoms with Crippen LogP contribution < -0.4 is 4.74 Å². The number of halogens is 3. The van der Waals surface area contributed by atoms with Crippen LogP contribution in [-0.2, 0) is 4.79 Å². The third-order valence-corrected chi connectivity index (χ3v) is 2.63. The van der Waals surface area contributed by atoms with Gasteiger partial charge in [-0.1, -0.05) is 12.1 Å². The summed E-state index contributed by atoms with van der Waals surface area (Å²) in [5.41, 5.74) is 0.569. The van der Waals surface area contributed by atoms with Crippen LogP contribution in [0, 0.1) is 5.92 Å². The van der Waals surface area contributed by atoms with Crippen LogP contribution in [0.2, 0.25) is 0 Å². The summed E-state index contributed by atoms with van der Waals surface area (Å²) >= 11 is 0. The molecule has 6 heteroatoms. The fraction of sp³-hybridized carbons (Fsp3) is 0.364. The molecule has 92 valence electrons. The van der Waals surface area contributed by atoms with Gasteiger partial charge < -0.3 is 9.84 Å². The molecule has 1 N–H and O–H groups in total. The van der Waals surface area contributed by atoms with Gasteiger partial charge in [0.1, 0.15) is 5.75 Å². The first kappa shape index (κ1) is 11.8. The molecule has 0 spiro atoms. The Morgan fingerprint density at radius 3 is 2.65 bits per heavy atom. The van der Waals surface area contributed by atoms with Gasteiger partial charge in [0.05, 0.1) is 5.92 Å². The van der Waals surface area contributed by atoms with Crippen LogP contribution in [0.1, 0.15) is 17.9 Å².